The van der Waals surface area contributed by atoms with Gasteiger partial charge in [-0.1, -0.05) is 0 Å². The summed E-state index contributed by atoms with van der Waals surface area (Å²) in [6.07, 6.45) is 2.44. The molecule has 1 amide bonds. The van der Waals surface area contributed by atoms with Crippen LogP contribution < -0.4 is 4.74 Å². The lowest BCUT2D eigenvalue weighted by Crippen LogP contribution is -2.45. The van der Waals surface area contributed by atoms with Crippen LogP contribution in [0.1, 0.15) is 44.2 Å². The first-order chi connectivity index (χ1) is 10.00. The molecule has 5 nitrogen and oxygen atoms in total. The molecule has 0 aliphatic carbocycles. The van der Waals surface area contributed by atoms with E-state index in [1.54, 1.807) is 23.1 Å². The van der Waals surface area contributed by atoms with Crippen LogP contribution in [0.2, 0.25) is 0 Å². The minimum absolute atomic E-state index is 0.0889. The van der Waals surface area contributed by atoms with Crippen LogP contribution in [-0.2, 0) is 4.79 Å². The predicted molar refractivity (Wildman–Crippen MR) is 78.0 cm³/mol. The number of piperidine rings is 1. The number of carbonyl (C=O) groups is 1. The van der Waals surface area contributed by atoms with Gasteiger partial charge in [0, 0.05) is 13.0 Å². The molecule has 0 N–H and O–H groups in total. The molecule has 0 radical (unpaired) electrons. The van der Waals surface area contributed by atoms with E-state index in [-0.39, 0.29) is 5.91 Å². The number of hydrogen-bond donors (Lipinski definition) is 0. The van der Waals surface area contributed by atoms with E-state index in [2.05, 4.69) is 11.1 Å². The first-order valence-corrected chi connectivity index (χ1v) is 7.14. The van der Waals surface area contributed by atoms with Crippen LogP contribution in [0.4, 0.5) is 0 Å². The number of nitriles is 1. The van der Waals surface area contributed by atoms with Gasteiger partial charge in [0.25, 0.3) is 0 Å². The van der Waals surface area contributed by atoms with Gasteiger partial charge in [-0.2, -0.15) is 5.26 Å². The van der Waals surface area contributed by atoms with E-state index < -0.39 is 5.72 Å². The molecule has 2 aliphatic rings. The zero-order chi connectivity index (χ0) is 15.0. The fourth-order valence-electron chi connectivity index (χ4n) is 2.71. The number of carbonyl (C=O) groups excluding carboxylic acids is 1. The van der Waals surface area contributed by atoms with E-state index in [9.17, 15) is 4.79 Å². The van der Waals surface area contributed by atoms with Crippen molar-refractivity contribution in [2.75, 3.05) is 6.54 Å². The summed E-state index contributed by atoms with van der Waals surface area (Å²) < 4.78 is 5.84. The Balaban J connectivity index is 2.11. The zero-order valence-electron chi connectivity index (χ0n) is 12.2. The van der Waals surface area contributed by atoms with Gasteiger partial charge in [-0.3, -0.25) is 9.69 Å². The van der Waals surface area contributed by atoms with Crippen LogP contribution in [0.3, 0.4) is 0 Å². The molecule has 2 heterocycles. The summed E-state index contributed by atoms with van der Waals surface area (Å²) in [6.45, 7) is 4.40. The van der Waals surface area contributed by atoms with Crippen molar-refractivity contribution in [2.45, 2.75) is 38.8 Å². The molecule has 3 rings (SSSR count). The smallest absolute Gasteiger partial charge is 0.228 e. The van der Waals surface area contributed by atoms with E-state index in [0.717, 1.165) is 18.4 Å². The maximum Gasteiger partial charge on any atom is 0.228 e. The Morgan fingerprint density at radius 2 is 2.19 bits per heavy atom. The highest BCUT2D eigenvalue weighted by molar-refractivity contribution is 6.10. The van der Waals surface area contributed by atoms with E-state index in [1.165, 1.54) is 0 Å². The topological polar surface area (TPSA) is 65.7 Å². The minimum atomic E-state index is -0.714. The van der Waals surface area contributed by atoms with E-state index in [4.69, 9.17) is 10.00 Å². The van der Waals surface area contributed by atoms with Crippen molar-refractivity contribution in [3.63, 3.8) is 0 Å². The summed E-state index contributed by atoms with van der Waals surface area (Å²) in [4.78, 5) is 18.5. The van der Waals surface area contributed by atoms with Crippen LogP contribution >= 0.6 is 0 Å². The van der Waals surface area contributed by atoms with Gasteiger partial charge in [0.1, 0.15) is 11.6 Å². The Labute approximate surface area is 123 Å². The third-order valence-corrected chi connectivity index (χ3v) is 3.66. The number of amidine groups is 1. The largest absolute Gasteiger partial charge is 0.466 e. The monoisotopic (exact) mass is 283 g/mol. The molecule has 108 valence electrons. The Hall–Kier alpha value is -2.35. The van der Waals surface area contributed by atoms with E-state index >= 15 is 0 Å². The average Bonchev–Trinajstić information content (AvgIpc) is 2.46. The molecular weight excluding hydrogens is 266 g/mol. The highest BCUT2D eigenvalue weighted by Crippen LogP contribution is 2.33. The fourth-order valence-corrected chi connectivity index (χ4v) is 2.71. The molecule has 0 atom stereocenters. The van der Waals surface area contributed by atoms with Crippen molar-refractivity contribution in [2.24, 2.45) is 4.99 Å². The summed E-state index contributed by atoms with van der Waals surface area (Å²) in [5.74, 6) is 1.39. The Morgan fingerprint density at radius 3 is 2.90 bits per heavy atom. The molecule has 21 heavy (non-hydrogen) atoms. The van der Waals surface area contributed by atoms with Crippen molar-refractivity contribution in [3.05, 3.63) is 29.3 Å². The molecule has 5 heteroatoms. The van der Waals surface area contributed by atoms with Gasteiger partial charge >= 0.3 is 0 Å². The second-order valence-corrected chi connectivity index (χ2v) is 5.81. The van der Waals surface area contributed by atoms with Gasteiger partial charge in [0.15, 0.2) is 5.72 Å². The number of likely N-dealkylation sites (tertiary alicyclic amines) is 1. The maximum atomic E-state index is 12.2. The SMILES string of the molecule is CC1(C)N=C(N2CCCCC2=O)c2cc(C#N)ccc2O1. The van der Waals surface area contributed by atoms with Crippen molar-refractivity contribution >= 4 is 11.7 Å². The van der Waals surface area contributed by atoms with Crippen molar-refractivity contribution in [1.29, 1.82) is 5.26 Å². The highest BCUT2D eigenvalue weighted by atomic mass is 16.5. The summed E-state index contributed by atoms with van der Waals surface area (Å²) in [6, 6.07) is 7.35. The Kier molecular flexibility index (Phi) is 3.17. The minimum Gasteiger partial charge on any atom is -0.466 e. The van der Waals surface area contributed by atoms with Crippen molar-refractivity contribution in [1.82, 2.24) is 4.90 Å². The number of benzene rings is 1. The number of fused-ring (bicyclic) bond motifs is 1. The Morgan fingerprint density at radius 1 is 1.38 bits per heavy atom. The summed E-state index contributed by atoms with van der Waals surface area (Å²) in [5, 5.41) is 9.08. The van der Waals surface area contributed by atoms with Crippen LogP contribution in [0.15, 0.2) is 23.2 Å². The zero-order valence-corrected chi connectivity index (χ0v) is 12.2. The molecule has 0 saturated carbocycles. The van der Waals surface area contributed by atoms with Crippen LogP contribution in [0.5, 0.6) is 5.75 Å². The third-order valence-electron chi connectivity index (χ3n) is 3.66. The van der Waals surface area contributed by atoms with Gasteiger partial charge in [-0.15, -0.1) is 0 Å². The first kappa shape index (κ1) is 13.6. The van der Waals surface area contributed by atoms with Crippen LogP contribution in [-0.4, -0.2) is 28.9 Å². The highest BCUT2D eigenvalue weighted by Gasteiger charge is 2.33. The number of amides is 1. The molecule has 1 fully saturated rings. The normalized spacial score (nSPS) is 20.1. The van der Waals surface area contributed by atoms with Gasteiger partial charge in [0.2, 0.25) is 5.91 Å². The second-order valence-electron chi connectivity index (χ2n) is 5.81. The molecule has 0 aromatic heterocycles. The van der Waals surface area contributed by atoms with Crippen LogP contribution in [0, 0.1) is 11.3 Å². The molecule has 2 aliphatic heterocycles. The number of ether oxygens (including phenoxy) is 1. The molecule has 0 unspecified atom stereocenters. The van der Waals surface area contributed by atoms with Crippen LogP contribution in [0.25, 0.3) is 0 Å². The number of aliphatic imine (C=N–C) groups is 1. The summed E-state index contributed by atoms with van der Waals surface area (Å²) in [7, 11) is 0. The van der Waals surface area contributed by atoms with Gasteiger partial charge in [-0.05, 0) is 44.9 Å². The quantitative estimate of drug-likeness (QED) is 0.734. The molecular formula is C16H17N3O2. The molecule has 0 bridgehead atoms. The lowest BCUT2D eigenvalue weighted by atomic mass is 10.0. The summed E-state index contributed by atoms with van der Waals surface area (Å²) >= 11 is 0. The standard InChI is InChI=1S/C16H17N3O2/c1-16(2)18-15(19-8-4-3-5-14(19)20)12-9-11(10-17)6-7-13(12)21-16/h6-7,9H,3-5,8H2,1-2H3. The molecule has 1 aromatic carbocycles. The lowest BCUT2D eigenvalue weighted by Gasteiger charge is -2.35. The molecule has 0 spiro atoms. The number of nitrogens with zero attached hydrogens (tertiary/aromatic N) is 3. The second kappa shape index (κ2) is 4.88. The van der Waals surface area contributed by atoms with E-state index in [1.807, 2.05) is 13.8 Å². The predicted octanol–water partition coefficient (Wildman–Crippen LogP) is 2.45. The Bertz CT molecular complexity index is 671. The average molecular weight is 283 g/mol. The maximum absolute atomic E-state index is 12.2. The summed E-state index contributed by atoms with van der Waals surface area (Å²) in [5.41, 5.74) is 0.548. The molecule has 1 saturated heterocycles. The molecule has 1 aromatic rings. The van der Waals surface area contributed by atoms with E-state index in [0.29, 0.717) is 30.1 Å². The lowest BCUT2D eigenvalue weighted by molar-refractivity contribution is -0.129. The third kappa shape index (κ3) is 2.49. The number of rotatable bonds is 0. The van der Waals surface area contributed by atoms with Gasteiger partial charge < -0.3 is 4.74 Å². The van der Waals surface area contributed by atoms with Gasteiger partial charge in [0.05, 0.1) is 17.2 Å². The number of hydrogen-bond acceptors (Lipinski definition) is 4. The van der Waals surface area contributed by atoms with Crippen molar-refractivity contribution in [3.8, 4) is 11.8 Å². The fraction of sp³-hybridized carbons (Fsp3) is 0.438. The van der Waals surface area contributed by atoms with Gasteiger partial charge in [-0.25, -0.2) is 4.99 Å². The van der Waals surface area contributed by atoms with Crippen molar-refractivity contribution < 1.29 is 9.53 Å². The first-order valence-electron chi connectivity index (χ1n) is 7.14.